The zero-order valence-corrected chi connectivity index (χ0v) is 12.4. The molecule has 0 spiro atoms. The minimum Gasteiger partial charge on any atom is -0.364 e. The molecule has 0 bridgehead atoms. The van der Waals surface area contributed by atoms with E-state index in [9.17, 15) is 4.79 Å². The monoisotopic (exact) mass is 303 g/mol. The highest BCUT2D eigenvalue weighted by atomic mass is 35.6. The topological polar surface area (TPSA) is 42.8 Å². The third kappa shape index (κ3) is 4.79. The molecular weight excluding hydrogens is 286 g/mol. The van der Waals surface area contributed by atoms with Crippen molar-refractivity contribution in [3.8, 4) is 0 Å². The number of amides is 1. The van der Waals surface area contributed by atoms with Crippen LogP contribution in [0.3, 0.4) is 0 Å². The molecule has 1 saturated heterocycles. The van der Waals surface area contributed by atoms with E-state index in [4.69, 9.17) is 39.5 Å². The van der Waals surface area contributed by atoms with Crippen LogP contribution in [-0.2, 0) is 9.53 Å². The lowest BCUT2D eigenvalue weighted by Crippen LogP contribution is -3.22. The Bertz CT molecular complexity index is 273. The summed E-state index contributed by atoms with van der Waals surface area (Å²) in [5, 5.41) is 2.70. The van der Waals surface area contributed by atoms with Gasteiger partial charge in [0.15, 0.2) is 0 Å². The minimum atomic E-state index is -1.53. The van der Waals surface area contributed by atoms with Crippen LogP contribution in [0.2, 0.25) is 0 Å². The predicted molar refractivity (Wildman–Crippen MR) is 68.6 cm³/mol. The summed E-state index contributed by atoms with van der Waals surface area (Å²) in [4.78, 5) is 12.2. The minimum absolute atomic E-state index is 0.0809. The number of rotatable bonds is 2. The Kier molecular flexibility index (Phi) is 5.35. The molecule has 0 aromatic rings. The fraction of sp³-hybridized carbons (Fsp3) is 0.900. The summed E-state index contributed by atoms with van der Waals surface area (Å²) in [6, 6.07) is 0. The maximum absolute atomic E-state index is 11.2. The van der Waals surface area contributed by atoms with E-state index in [2.05, 4.69) is 5.32 Å². The van der Waals surface area contributed by atoms with Crippen LogP contribution in [0, 0.1) is 0 Å². The van der Waals surface area contributed by atoms with Crippen molar-refractivity contribution < 1.29 is 14.4 Å². The Morgan fingerprint density at radius 1 is 1.35 bits per heavy atom. The quantitative estimate of drug-likeness (QED) is 0.730. The lowest BCUT2D eigenvalue weighted by atomic mass is 10.2. The molecule has 1 aliphatic heterocycles. The third-order valence-corrected chi connectivity index (χ3v) is 3.30. The number of alkyl halides is 3. The molecule has 1 rings (SSSR count). The van der Waals surface area contributed by atoms with Crippen molar-refractivity contribution in [1.82, 2.24) is 5.32 Å². The average Bonchev–Trinajstić information content (AvgIpc) is 2.10. The predicted octanol–water partition coefficient (Wildman–Crippen LogP) is 0.511. The SMILES string of the molecule is CC(=O)N[C@@H]([NH+]1C[C@@H](C)O[C@@H](C)C1)C(Cl)(Cl)Cl. The van der Waals surface area contributed by atoms with Gasteiger partial charge in [-0.15, -0.1) is 0 Å². The molecule has 1 aliphatic rings. The van der Waals surface area contributed by atoms with E-state index in [1.807, 2.05) is 13.8 Å². The highest BCUT2D eigenvalue weighted by Gasteiger charge is 2.44. The molecule has 0 aliphatic carbocycles. The van der Waals surface area contributed by atoms with Gasteiger partial charge < -0.3 is 15.0 Å². The second kappa shape index (κ2) is 5.93. The Labute approximate surface area is 117 Å². The van der Waals surface area contributed by atoms with Gasteiger partial charge in [-0.1, -0.05) is 34.8 Å². The largest absolute Gasteiger partial charge is 0.364 e. The molecule has 100 valence electrons. The first-order valence-electron chi connectivity index (χ1n) is 5.54. The molecule has 17 heavy (non-hydrogen) atoms. The Morgan fingerprint density at radius 3 is 2.18 bits per heavy atom. The molecule has 4 atom stereocenters. The molecule has 4 nitrogen and oxygen atoms in total. The van der Waals surface area contributed by atoms with Gasteiger partial charge in [0.1, 0.15) is 25.3 Å². The highest BCUT2D eigenvalue weighted by molar-refractivity contribution is 6.68. The van der Waals surface area contributed by atoms with E-state index in [1.54, 1.807) is 0 Å². The Morgan fingerprint density at radius 2 is 1.82 bits per heavy atom. The standard InChI is InChI=1S/C10H17Cl3N2O2/c1-6-4-15(5-7(2)17-6)9(10(11,12)13)14-8(3)16/h6-7,9H,4-5H2,1-3H3,(H,14,16)/p+1/t6-,7+,9-/m0/s1. The number of morpholine rings is 1. The highest BCUT2D eigenvalue weighted by Crippen LogP contribution is 2.28. The molecule has 1 amide bonds. The summed E-state index contributed by atoms with van der Waals surface area (Å²) in [6.07, 6.45) is -0.395. The van der Waals surface area contributed by atoms with Gasteiger partial charge in [0.05, 0.1) is 0 Å². The van der Waals surface area contributed by atoms with Crippen molar-refractivity contribution in [2.45, 2.75) is 42.9 Å². The molecule has 0 saturated carbocycles. The number of carbonyl (C=O) groups excluding carboxylic acids is 1. The van der Waals surface area contributed by atoms with Crippen molar-refractivity contribution in [1.29, 1.82) is 0 Å². The Hall–Kier alpha value is 0.260. The second-order valence-corrected chi connectivity index (χ2v) is 6.87. The summed E-state index contributed by atoms with van der Waals surface area (Å²) < 4.78 is 4.09. The first-order valence-corrected chi connectivity index (χ1v) is 6.67. The van der Waals surface area contributed by atoms with Crippen LogP contribution in [0.1, 0.15) is 20.8 Å². The van der Waals surface area contributed by atoms with Crippen molar-refractivity contribution in [2.24, 2.45) is 0 Å². The van der Waals surface area contributed by atoms with Crippen LogP contribution < -0.4 is 10.2 Å². The van der Waals surface area contributed by atoms with Crippen LogP contribution in [0.5, 0.6) is 0 Å². The molecule has 7 heteroatoms. The third-order valence-electron chi connectivity index (χ3n) is 2.65. The lowest BCUT2D eigenvalue weighted by Gasteiger charge is -2.39. The first kappa shape index (κ1) is 15.3. The maximum atomic E-state index is 11.2. The molecule has 1 heterocycles. The number of ether oxygens (including phenoxy) is 1. The van der Waals surface area contributed by atoms with E-state index in [0.717, 1.165) is 4.90 Å². The summed E-state index contributed by atoms with van der Waals surface area (Å²) in [6.45, 7) is 6.75. The van der Waals surface area contributed by atoms with E-state index in [0.29, 0.717) is 13.1 Å². The zero-order valence-electron chi connectivity index (χ0n) is 10.1. The Balaban J connectivity index is 2.78. The van der Waals surface area contributed by atoms with Gasteiger partial charge in [0.2, 0.25) is 12.1 Å². The first-order chi connectivity index (χ1) is 7.70. The summed E-state index contributed by atoms with van der Waals surface area (Å²) in [5.41, 5.74) is 0. The van der Waals surface area contributed by atoms with Gasteiger partial charge in [-0.2, -0.15) is 0 Å². The van der Waals surface area contributed by atoms with Crippen LogP contribution in [-0.4, -0.2) is 41.2 Å². The fourth-order valence-corrected chi connectivity index (χ4v) is 2.80. The lowest BCUT2D eigenvalue weighted by molar-refractivity contribution is -0.941. The number of hydrogen-bond acceptors (Lipinski definition) is 2. The van der Waals surface area contributed by atoms with Gasteiger partial charge in [-0.05, 0) is 13.8 Å². The van der Waals surface area contributed by atoms with Gasteiger partial charge in [0, 0.05) is 6.92 Å². The average molecular weight is 305 g/mol. The number of carbonyl (C=O) groups is 1. The summed E-state index contributed by atoms with van der Waals surface area (Å²) in [5.74, 6) is -0.208. The molecule has 2 N–H and O–H groups in total. The smallest absolute Gasteiger partial charge is 0.262 e. The van der Waals surface area contributed by atoms with Crippen LogP contribution in [0.4, 0.5) is 0 Å². The summed E-state index contributed by atoms with van der Waals surface area (Å²) in [7, 11) is 0. The van der Waals surface area contributed by atoms with E-state index < -0.39 is 9.96 Å². The summed E-state index contributed by atoms with van der Waals surface area (Å²) >= 11 is 17.8. The molecule has 0 aromatic heterocycles. The number of halogens is 3. The van der Waals surface area contributed by atoms with Gasteiger partial charge in [-0.3, -0.25) is 4.79 Å². The van der Waals surface area contributed by atoms with Crippen molar-refractivity contribution in [3.63, 3.8) is 0 Å². The van der Waals surface area contributed by atoms with E-state index in [1.165, 1.54) is 6.92 Å². The number of hydrogen-bond donors (Lipinski definition) is 2. The van der Waals surface area contributed by atoms with E-state index in [-0.39, 0.29) is 18.1 Å². The number of nitrogens with one attached hydrogen (secondary N) is 2. The normalized spacial score (nSPS) is 32.0. The number of quaternary nitrogens is 1. The molecular formula is C10H18Cl3N2O2+. The van der Waals surface area contributed by atoms with Gasteiger partial charge in [0.25, 0.3) is 3.79 Å². The second-order valence-electron chi connectivity index (χ2n) is 4.50. The van der Waals surface area contributed by atoms with Crippen LogP contribution in [0.15, 0.2) is 0 Å². The zero-order chi connectivity index (χ0) is 13.2. The van der Waals surface area contributed by atoms with Crippen LogP contribution >= 0.6 is 34.8 Å². The van der Waals surface area contributed by atoms with Crippen LogP contribution in [0.25, 0.3) is 0 Å². The van der Waals surface area contributed by atoms with Gasteiger partial charge in [-0.25, -0.2) is 0 Å². The molecule has 1 unspecified atom stereocenters. The van der Waals surface area contributed by atoms with Crippen molar-refractivity contribution in [2.75, 3.05) is 13.1 Å². The van der Waals surface area contributed by atoms with Crippen molar-refractivity contribution in [3.05, 3.63) is 0 Å². The molecule has 0 radical (unpaired) electrons. The fourth-order valence-electron chi connectivity index (χ4n) is 2.17. The van der Waals surface area contributed by atoms with Gasteiger partial charge >= 0.3 is 0 Å². The molecule has 0 aromatic carbocycles. The van der Waals surface area contributed by atoms with E-state index >= 15 is 0 Å². The van der Waals surface area contributed by atoms with Crippen molar-refractivity contribution >= 4 is 40.7 Å². The molecule has 1 fully saturated rings. The maximum Gasteiger partial charge on any atom is 0.262 e.